The van der Waals surface area contributed by atoms with E-state index < -0.39 is 0 Å². The molecule has 1 saturated heterocycles. The number of fused-ring (bicyclic) bond motifs is 1. The molecular weight excluding hydrogens is 254 g/mol. The summed E-state index contributed by atoms with van der Waals surface area (Å²) in [7, 11) is 0. The average Bonchev–Trinajstić information content (AvgIpc) is 2.79. The second kappa shape index (κ2) is 5.09. The number of aromatic nitrogens is 1. The number of carbonyl (C=O) groups is 2. The first-order chi connectivity index (χ1) is 9.70. The Morgan fingerprint density at radius 3 is 2.85 bits per heavy atom. The minimum Gasteiger partial charge on any atom is -0.346 e. The fourth-order valence-electron chi connectivity index (χ4n) is 2.87. The van der Waals surface area contributed by atoms with Gasteiger partial charge in [-0.25, -0.2) is 0 Å². The number of hydrogen-bond acceptors (Lipinski definition) is 3. The van der Waals surface area contributed by atoms with Crippen LogP contribution in [-0.2, 0) is 16.1 Å². The fraction of sp³-hybridized carbons (Fsp3) is 0.333. The summed E-state index contributed by atoms with van der Waals surface area (Å²) in [5, 5.41) is 3.49. The van der Waals surface area contributed by atoms with Crippen molar-refractivity contribution in [3.05, 3.63) is 36.0 Å². The van der Waals surface area contributed by atoms with Crippen molar-refractivity contribution in [2.45, 2.75) is 25.3 Å². The van der Waals surface area contributed by atoms with Gasteiger partial charge < -0.3 is 10.3 Å². The molecule has 0 saturated carbocycles. The van der Waals surface area contributed by atoms with Gasteiger partial charge in [0.05, 0.1) is 5.92 Å². The summed E-state index contributed by atoms with van der Waals surface area (Å²) in [6.45, 7) is 1.27. The Balaban J connectivity index is 2.07. The maximum atomic E-state index is 12.1. The van der Waals surface area contributed by atoms with Crippen molar-refractivity contribution in [3.8, 4) is 0 Å². The lowest BCUT2D eigenvalue weighted by Gasteiger charge is -2.20. The molecule has 5 nitrogen and oxygen atoms in total. The zero-order valence-electron chi connectivity index (χ0n) is 11.1. The molecule has 1 fully saturated rings. The molecule has 20 heavy (non-hydrogen) atoms. The van der Waals surface area contributed by atoms with Crippen LogP contribution in [0.5, 0.6) is 0 Å². The van der Waals surface area contributed by atoms with Gasteiger partial charge in [0.2, 0.25) is 11.8 Å². The third kappa shape index (κ3) is 2.10. The number of para-hydroxylation sites is 1. The number of nitrogens with two attached hydrogens (primary N) is 1. The average molecular weight is 271 g/mol. The van der Waals surface area contributed by atoms with Gasteiger partial charge in [0.1, 0.15) is 0 Å². The molecule has 0 aliphatic carbocycles. The van der Waals surface area contributed by atoms with Gasteiger partial charge in [-0.2, -0.15) is 0 Å². The molecule has 1 atom stereocenters. The molecule has 0 bridgehead atoms. The minimum atomic E-state index is -0.253. The molecule has 2 amide bonds. The molecule has 1 aromatic heterocycles. The first-order valence-electron chi connectivity index (χ1n) is 6.82. The van der Waals surface area contributed by atoms with Crippen LogP contribution in [0, 0.1) is 0 Å². The molecule has 1 aliphatic rings. The van der Waals surface area contributed by atoms with Crippen LogP contribution in [0.15, 0.2) is 30.5 Å². The molecule has 0 spiro atoms. The topological polar surface area (TPSA) is 77.1 Å². The van der Waals surface area contributed by atoms with Crippen molar-refractivity contribution in [1.82, 2.24) is 9.88 Å². The summed E-state index contributed by atoms with van der Waals surface area (Å²) in [5.74, 6) is -0.634. The van der Waals surface area contributed by atoms with Gasteiger partial charge in [-0.15, -0.1) is 0 Å². The Bertz CT molecular complexity index is 675. The highest BCUT2D eigenvalue weighted by Crippen LogP contribution is 2.32. The Morgan fingerprint density at radius 1 is 1.30 bits per heavy atom. The summed E-state index contributed by atoms with van der Waals surface area (Å²) in [6, 6.07) is 7.98. The van der Waals surface area contributed by atoms with Crippen molar-refractivity contribution in [1.29, 1.82) is 0 Å². The van der Waals surface area contributed by atoms with Crippen molar-refractivity contribution in [2.24, 2.45) is 5.73 Å². The summed E-state index contributed by atoms with van der Waals surface area (Å²) in [5.41, 5.74) is 7.71. The molecule has 2 heterocycles. The van der Waals surface area contributed by atoms with Crippen LogP contribution in [-0.4, -0.2) is 22.9 Å². The SMILES string of the molecule is NCCn1cc(C2CCC(=O)NC2=O)c2ccccc21. The molecular formula is C15H17N3O2. The molecule has 104 valence electrons. The zero-order valence-corrected chi connectivity index (χ0v) is 11.1. The van der Waals surface area contributed by atoms with Gasteiger partial charge in [-0.3, -0.25) is 14.9 Å². The second-order valence-corrected chi connectivity index (χ2v) is 5.09. The van der Waals surface area contributed by atoms with Gasteiger partial charge >= 0.3 is 0 Å². The lowest BCUT2D eigenvalue weighted by Crippen LogP contribution is -2.39. The van der Waals surface area contributed by atoms with Crippen LogP contribution < -0.4 is 11.1 Å². The molecule has 3 rings (SSSR count). The molecule has 1 unspecified atom stereocenters. The molecule has 2 aromatic rings. The monoisotopic (exact) mass is 271 g/mol. The number of benzene rings is 1. The number of nitrogens with one attached hydrogen (secondary N) is 1. The van der Waals surface area contributed by atoms with E-state index in [-0.39, 0.29) is 17.7 Å². The van der Waals surface area contributed by atoms with Crippen LogP contribution in [0.3, 0.4) is 0 Å². The number of rotatable bonds is 3. The summed E-state index contributed by atoms with van der Waals surface area (Å²) in [4.78, 5) is 23.3. The van der Waals surface area contributed by atoms with Crippen LogP contribution in [0.4, 0.5) is 0 Å². The predicted octanol–water partition coefficient (Wildman–Crippen LogP) is 1.12. The normalized spacial score (nSPS) is 19.4. The Kier molecular flexibility index (Phi) is 3.28. The molecule has 1 aromatic carbocycles. The number of carbonyl (C=O) groups excluding carboxylic acids is 2. The lowest BCUT2D eigenvalue weighted by molar-refractivity contribution is -0.134. The summed E-state index contributed by atoms with van der Waals surface area (Å²) >= 11 is 0. The smallest absolute Gasteiger partial charge is 0.234 e. The van der Waals surface area contributed by atoms with Gasteiger partial charge in [0.15, 0.2) is 0 Å². The number of piperidine rings is 1. The van der Waals surface area contributed by atoms with Crippen LogP contribution >= 0.6 is 0 Å². The van der Waals surface area contributed by atoms with E-state index in [1.807, 2.05) is 30.5 Å². The van der Waals surface area contributed by atoms with Crippen LogP contribution in [0.2, 0.25) is 0 Å². The maximum absolute atomic E-state index is 12.1. The van der Waals surface area contributed by atoms with E-state index in [0.29, 0.717) is 25.9 Å². The highest BCUT2D eigenvalue weighted by atomic mass is 16.2. The van der Waals surface area contributed by atoms with E-state index in [9.17, 15) is 9.59 Å². The number of nitrogens with zero attached hydrogens (tertiary/aromatic N) is 1. The van der Waals surface area contributed by atoms with Crippen molar-refractivity contribution >= 4 is 22.7 Å². The highest BCUT2D eigenvalue weighted by Gasteiger charge is 2.30. The zero-order chi connectivity index (χ0) is 14.1. The predicted molar refractivity (Wildman–Crippen MR) is 76.1 cm³/mol. The van der Waals surface area contributed by atoms with E-state index in [2.05, 4.69) is 9.88 Å². The third-order valence-corrected chi connectivity index (χ3v) is 3.80. The van der Waals surface area contributed by atoms with Crippen molar-refractivity contribution in [2.75, 3.05) is 6.54 Å². The number of hydrogen-bond donors (Lipinski definition) is 2. The van der Waals surface area contributed by atoms with E-state index in [0.717, 1.165) is 16.5 Å². The van der Waals surface area contributed by atoms with Crippen molar-refractivity contribution in [3.63, 3.8) is 0 Å². The Hall–Kier alpha value is -2.14. The van der Waals surface area contributed by atoms with Crippen molar-refractivity contribution < 1.29 is 9.59 Å². The van der Waals surface area contributed by atoms with E-state index in [4.69, 9.17) is 5.73 Å². The highest BCUT2D eigenvalue weighted by molar-refractivity contribution is 6.03. The number of imide groups is 1. The molecule has 3 N–H and O–H groups in total. The van der Waals surface area contributed by atoms with Gasteiger partial charge in [0.25, 0.3) is 0 Å². The third-order valence-electron chi connectivity index (χ3n) is 3.80. The van der Waals surface area contributed by atoms with E-state index >= 15 is 0 Å². The molecule has 1 aliphatic heterocycles. The Labute approximate surface area is 116 Å². The first-order valence-corrected chi connectivity index (χ1v) is 6.82. The minimum absolute atomic E-state index is 0.183. The fourth-order valence-corrected chi connectivity index (χ4v) is 2.87. The van der Waals surface area contributed by atoms with Crippen LogP contribution in [0.25, 0.3) is 10.9 Å². The lowest BCUT2D eigenvalue weighted by atomic mass is 9.90. The van der Waals surface area contributed by atoms with E-state index in [1.165, 1.54) is 0 Å². The summed E-state index contributed by atoms with van der Waals surface area (Å²) in [6.07, 6.45) is 2.96. The largest absolute Gasteiger partial charge is 0.346 e. The van der Waals surface area contributed by atoms with E-state index in [1.54, 1.807) is 0 Å². The quantitative estimate of drug-likeness (QED) is 0.821. The van der Waals surface area contributed by atoms with Gasteiger partial charge in [-0.05, 0) is 18.1 Å². The number of amides is 2. The van der Waals surface area contributed by atoms with Crippen LogP contribution in [0.1, 0.15) is 24.3 Å². The maximum Gasteiger partial charge on any atom is 0.234 e. The Morgan fingerprint density at radius 2 is 2.10 bits per heavy atom. The first kappa shape index (κ1) is 12.9. The van der Waals surface area contributed by atoms with Gasteiger partial charge in [0, 0.05) is 36.6 Å². The van der Waals surface area contributed by atoms with Gasteiger partial charge in [-0.1, -0.05) is 18.2 Å². The molecule has 5 heteroatoms. The second-order valence-electron chi connectivity index (χ2n) is 5.09. The molecule has 0 radical (unpaired) electrons. The standard InChI is InChI=1S/C15H17N3O2/c16-7-8-18-9-12(10-3-1-2-4-13(10)18)11-5-6-14(19)17-15(11)20/h1-4,9,11H,5-8,16H2,(H,17,19,20). The summed E-state index contributed by atoms with van der Waals surface area (Å²) < 4.78 is 2.08.